The van der Waals surface area contributed by atoms with Gasteiger partial charge in [0.15, 0.2) is 6.61 Å². The van der Waals surface area contributed by atoms with Crippen molar-refractivity contribution in [1.29, 1.82) is 0 Å². The van der Waals surface area contributed by atoms with Crippen LogP contribution in [0.3, 0.4) is 0 Å². The first-order valence-electron chi connectivity index (χ1n) is 6.78. The molecule has 0 heterocycles. The Labute approximate surface area is 125 Å². The van der Waals surface area contributed by atoms with Crippen LogP contribution in [0.1, 0.15) is 18.9 Å². The number of ether oxygens (including phenoxy) is 1. The molecule has 6 nitrogen and oxygen atoms in total. The Morgan fingerprint density at radius 1 is 1.29 bits per heavy atom. The Morgan fingerprint density at radius 2 is 2.00 bits per heavy atom. The largest absolute Gasteiger partial charge is 0.490 e. The fourth-order valence-corrected chi connectivity index (χ4v) is 2.29. The van der Waals surface area contributed by atoms with Gasteiger partial charge in [-0.15, -0.1) is 0 Å². The number of aryl methyl sites for hydroxylation is 1. The van der Waals surface area contributed by atoms with Crippen molar-refractivity contribution in [1.82, 2.24) is 0 Å². The molecule has 0 fully saturated rings. The molecular weight excluding hydrogens is 292 g/mol. The summed E-state index contributed by atoms with van der Waals surface area (Å²) in [7, 11) is -3.03. The van der Waals surface area contributed by atoms with Crippen LogP contribution < -0.4 is 10.5 Å². The van der Waals surface area contributed by atoms with Crippen LogP contribution in [0.5, 0.6) is 5.75 Å². The van der Waals surface area contributed by atoms with Crippen molar-refractivity contribution < 1.29 is 18.0 Å². The third-order valence-corrected chi connectivity index (χ3v) is 4.52. The van der Waals surface area contributed by atoms with Crippen molar-refractivity contribution in [3.05, 3.63) is 29.8 Å². The summed E-state index contributed by atoms with van der Waals surface area (Å²) in [4.78, 5) is 5.00. The molecule has 0 bridgehead atoms. The van der Waals surface area contributed by atoms with E-state index in [1.54, 1.807) is 6.92 Å². The minimum Gasteiger partial charge on any atom is -0.490 e. The molecule has 0 spiro atoms. The topological polar surface area (TPSA) is 91.0 Å². The first-order valence-corrected chi connectivity index (χ1v) is 8.60. The Hall–Kier alpha value is -1.76. The van der Waals surface area contributed by atoms with Crippen molar-refractivity contribution in [3.8, 4) is 5.75 Å². The second-order valence-corrected chi connectivity index (χ2v) is 6.99. The maximum Gasteiger partial charge on any atom is 0.151 e. The highest BCUT2D eigenvalue weighted by Crippen LogP contribution is 2.15. The molecule has 0 aliphatic heterocycles. The van der Waals surface area contributed by atoms with Crippen molar-refractivity contribution in [3.63, 3.8) is 0 Å². The highest BCUT2D eigenvalue weighted by Gasteiger charge is 2.08. The van der Waals surface area contributed by atoms with Crippen LogP contribution in [0.25, 0.3) is 0 Å². The minimum atomic E-state index is -3.03. The summed E-state index contributed by atoms with van der Waals surface area (Å²) >= 11 is 0. The number of oxime groups is 1. The summed E-state index contributed by atoms with van der Waals surface area (Å²) in [6.07, 6.45) is 0.175. The van der Waals surface area contributed by atoms with E-state index >= 15 is 0 Å². The van der Waals surface area contributed by atoms with E-state index in [0.717, 1.165) is 11.3 Å². The van der Waals surface area contributed by atoms with E-state index in [-0.39, 0.29) is 30.4 Å². The van der Waals surface area contributed by atoms with Crippen LogP contribution in [0, 0.1) is 6.92 Å². The monoisotopic (exact) mass is 314 g/mol. The molecule has 0 atom stereocenters. The van der Waals surface area contributed by atoms with Gasteiger partial charge in [0.1, 0.15) is 28.0 Å². The number of para-hydroxylation sites is 1. The zero-order valence-corrected chi connectivity index (χ0v) is 13.2. The zero-order chi connectivity index (χ0) is 15.7. The first-order chi connectivity index (χ1) is 9.94. The van der Waals surface area contributed by atoms with Crippen molar-refractivity contribution in [2.45, 2.75) is 20.3 Å². The standard InChI is InChI=1S/C14H22N2O4S/c1-3-21(17,18)11-8-14(15)16-20-10-9-19-13-7-5-4-6-12(13)2/h4-7H,3,8-11H2,1-2H3,(H2,15,16). The summed E-state index contributed by atoms with van der Waals surface area (Å²) in [5.41, 5.74) is 6.62. The van der Waals surface area contributed by atoms with Gasteiger partial charge in [-0.25, -0.2) is 8.42 Å². The van der Waals surface area contributed by atoms with Crippen LogP contribution in [0.2, 0.25) is 0 Å². The highest BCUT2D eigenvalue weighted by molar-refractivity contribution is 7.91. The Bertz CT molecular complexity index is 570. The number of nitrogens with zero attached hydrogens (tertiary/aromatic N) is 1. The average molecular weight is 314 g/mol. The number of amidine groups is 1. The highest BCUT2D eigenvalue weighted by atomic mass is 32.2. The first kappa shape index (κ1) is 17.3. The van der Waals surface area contributed by atoms with Crippen LogP contribution in [-0.2, 0) is 14.7 Å². The van der Waals surface area contributed by atoms with E-state index in [2.05, 4.69) is 5.16 Å². The molecule has 2 N–H and O–H groups in total. The summed E-state index contributed by atoms with van der Waals surface area (Å²) < 4.78 is 28.1. The van der Waals surface area contributed by atoms with E-state index in [1.807, 2.05) is 31.2 Å². The molecule has 0 aliphatic rings. The third kappa shape index (κ3) is 6.99. The lowest BCUT2D eigenvalue weighted by Gasteiger charge is -2.08. The SMILES string of the molecule is CCS(=O)(=O)CC/C(N)=N/OCCOc1ccccc1C. The molecule has 0 aliphatic carbocycles. The maximum atomic E-state index is 11.3. The summed E-state index contributed by atoms with van der Waals surface area (Å²) in [6.45, 7) is 4.15. The molecule has 7 heteroatoms. The molecule has 0 saturated carbocycles. The van der Waals surface area contributed by atoms with Gasteiger partial charge in [-0.05, 0) is 18.6 Å². The van der Waals surface area contributed by atoms with Crippen LogP contribution >= 0.6 is 0 Å². The Morgan fingerprint density at radius 3 is 2.67 bits per heavy atom. The maximum absolute atomic E-state index is 11.3. The van der Waals surface area contributed by atoms with Crippen molar-refractivity contribution in [2.24, 2.45) is 10.9 Å². The normalized spacial score (nSPS) is 12.2. The van der Waals surface area contributed by atoms with Crippen molar-refractivity contribution >= 4 is 15.7 Å². The molecule has 0 amide bonds. The smallest absolute Gasteiger partial charge is 0.151 e. The predicted octanol–water partition coefficient (Wildman–Crippen LogP) is 1.49. The molecule has 118 valence electrons. The summed E-state index contributed by atoms with van der Waals surface area (Å²) in [5, 5.41) is 3.67. The second kappa shape index (κ2) is 8.51. The number of rotatable bonds is 9. The van der Waals surface area contributed by atoms with Gasteiger partial charge in [0.2, 0.25) is 0 Å². The molecular formula is C14H22N2O4S. The van der Waals surface area contributed by atoms with Gasteiger partial charge in [0.25, 0.3) is 0 Å². The lowest BCUT2D eigenvalue weighted by molar-refractivity contribution is 0.106. The fraction of sp³-hybridized carbons (Fsp3) is 0.500. The molecule has 0 unspecified atom stereocenters. The number of hydrogen-bond acceptors (Lipinski definition) is 5. The predicted molar refractivity (Wildman–Crippen MR) is 83.2 cm³/mol. The third-order valence-electron chi connectivity index (χ3n) is 2.82. The summed E-state index contributed by atoms with van der Waals surface area (Å²) in [6, 6.07) is 7.67. The van der Waals surface area contributed by atoms with E-state index in [9.17, 15) is 8.42 Å². The fourth-order valence-electron chi connectivity index (χ4n) is 1.49. The van der Waals surface area contributed by atoms with Gasteiger partial charge >= 0.3 is 0 Å². The number of sulfone groups is 1. The quantitative estimate of drug-likeness (QED) is 0.323. The number of nitrogens with two attached hydrogens (primary N) is 1. The van der Waals surface area contributed by atoms with Crippen LogP contribution in [0.4, 0.5) is 0 Å². The van der Waals surface area contributed by atoms with Crippen LogP contribution in [-0.4, -0.2) is 39.0 Å². The minimum absolute atomic E-state index is 0.0120. The lowest BCUT2D eigenvalue weighted by atomic mass is 10.2. The van der Waals surface area contributed by atoms with E-state index in [1.165, 1.54) is 0 Å². The molecule has 0 aromatic heterocycles. The van der Waals surface area contributed by atoms with Gasteiger partial charge in [-0.1, -0.05) is 30.3 Å². The average Bonchev–Trinajstić information content (AvgIpc) is 2.47. The van der Waals surface area contributed by atoms with Crippen LogP contribution in [0.15, 0.2) is 29.4 Å². The number of benzene rings is 1. The van der Waals surface area contributed by atoms with E-state index in [0.29, 0.717) is 6.61 Å². The van der Waals surface area contributed by atoms with Gasteiger partial charge < -0.3 is 15.3 Å². The molecule has 21 heavy (non-hydrogen) atoms. The van der Waals surface area contributed by atoms with Gasteiger partial charge in [-0.2, -0.15) is 0 Å². The Balaban J connectivity index is 2.24. The molecule has 1 aromatic rings. The molecule has 1 aromatic carbocycles. The Kier molecular flexibility index (Phi) is 7.01. The van der Waals surface area contributed by atoms with Crippen molar-refractivity contribution in [2.75, 3.05) is 24.7 Å². The number of hydrogen-bond donors (Lipinski definition) is 1. The summed E-state index contributed by atoms with van der Waals surface area (Å²) in [5.74, 6) is 1.06. The van der Waals surface area contributed by atoms with Gasteiger partial charge in [-0.3, -0.25) is 0 Å². The lowest BCUT2D eigenvalue weighted by Crippen LogP contribution is -2.19. The van der Waals surface area contributed by atoms with E-state index in [4.69, 9.17) is 15.3 Å². The molecule has 0 radical (unpaired) electrons. The van der Waals surface area contributed by atoms with E-state index < -0.39 is 9.84 Å². The van der Waals surface area contributed by atoms with Gasteiger partial charge in [0.05, 0.1) is 5.75 Å². The molecule has 1 rings (SSSR count). The van der Waals surface area contributed by atoms with Gasteiger partial charge in [0, 0.05) is 12.2 Å². The second-order valence-electron chi connectivity index (χ2n) is 4.52. The molecule has 0 saturated heterocycles. The zero-order valence-electron chi connectivity index (χ0n) is 12.4.